The zero-order valence-corrected chi connectivity index (χ0v) is 17.3. The average Bonchev–Trinajstić information content (AvgIpc) is 3.17. The van der Waals surface area contributed by atoms with Crippen LogP contribution >= 0.6 is 0 Å². The second-order valence-corrected chi connectivity index (χ2v) is 6.89. The number of rotatable bonds is 11. The van der Waals surface area contributed by atoms with Gasteiger partial charge >= 0.3 is 0 Å². The second-order valence-electron chi connectivity index (χ2n) is 6.89. The predicted octanol–water partition coefficient (Wildman–Crippen LogP) is 2.31. The maximum Gasteiger partial charge on any atom is 0.227 e. The summed E-state index contributed by atoms with van der Waals surface area (Å²) in [5.74, 6) is 1.76. The van der Waals surface area contributed by atoms with Gasteiger partial charge in [-0.15, -0.1) is 0 Å². The fourth-order valence-electron chi connectivity index (χ4n) is 2.62. The Balaban J connectivity index is 2.00. The van der Waals surface area contributed by atoms with Gasteiger partial charge in [-0.1, -0.05) is 17.3 Å². The SMILES string of the molecule is COc1cccc(CN(CCN(C)C)C(=O)CCc2nc(C(C)OC)no2)c1. The number of ether oxygens (including phenoxy) is 2. The van der Waals surface area contributed by atoms with Crippen molar-refractivity contribution >= 4 is 5.91 Å². The number of carbonyl (C=O) groups excluding carboxylic acids is 1. The minimum Gasteiger partial charge on any atom is -0.497 e. The van der Waals surface area contributed by atoms with Crippen LogP contribution in [0, 0.1) is 0 Å². The summed E-state index contributed by atoms with van der Waals surface area (Å²) < 4.78 is 15.7. The number of amides is 1. The minimum atomic E-state index is -0.238. The summed E-state index contributed by atoms with van der Waals surface area (Å²) in [5.41, 5.74) is 1.03. The lowest BCUT2D eigenvalue weighted by Gasteiger charge is -2.24. The van der Waals surface area contributed by atoms with E-state index in [4.69, 9.17) is 14.0 Å². The van der Waals surface area contributed by atoms with Crippen LogP contribution in [0.1, 0.15) is 36.7 Å². The Morgan fingerprint density at radius 1 is 1.25 bits per heavy atom. The van der Waals surface area contributed by atoms with Crippen LogP contribution in [0.4, 0.5) is 0 Å². The quantitative estimate of drug-likeness (QED) is 0.582. The predicted molar refractivity (Wildman–Crippen MR) is 105 cm³/mol. The molecule has 1 heterocycles. The fourth-order valence-corrected chi connectivity index (χ4v) is 2.62. The molecule has 1 amide bonds. The number of methoxy groups -OCH3 is 2. The molecule has 8 heteroatoms. The first-order valence-electron chi connectivity index (χ1n) is 9.33. The van der Waals surface area contributed by atoms with Crippen molar-refractivity contribution < 1.29 is 18.8 Å². The Kier molecular flexibility index (Phi) is 8.41. The molecule has 0 saturated carbocycles. The molecule has 0 aliphatic carbocycles. The number of aryl methyl sites for hydroxylation is 1. The third kappa shape index (κ3) is 6.61. The number of likely N-dealkylation sites (N-methyl/N-ethyl adjacent to an activating group) is 1. The van der Waals surface area contributed by atoms with E-state index in [0.29, 0.717) is 37.6 Å². The second kappa shape index (κ2) is 10.8. The van der Waals surface area contributed by atoms with Crippen molar-refractivity contribution in [2.45, 2.75) is 32.4 Å². The van der Waals surface area contributed by atoms with Crippen LogP contribution < -0.4 is 4.74 Å². The van der Waals surface area contributed by atoms with E-state index in [1.54, 1.807) is 14.2 Å². The van der Waals surface area contributed by atoms with E-state index in [1.165, 1.54) is 0 Å². The molecule has 2 aromatic rings. The number of hydrogen-bond acceptors (Lipinski definition) is 7. The summed E-state index contributed by atoms with van der Waals surface area (Å²) in [6.07, 6.45) is 0.469. The summed E-state index contributed by atoms with van der Waals surface area (Å²) in [6.45, 7) is 3.79. The maximum absolute atomic E-state index is 12.8. The topological polar surface area (TPSA) is 80.9 Å². The van der Waals surface area contributed by atoms with Crippen molar-refractivity contribution in [3.8, 4) is 5.75 Å². The van der Waals surface area contributed by atoms with Crippen LogP contribution in [0.15, 0.2) is 28.8 Å². The van der Waals surface area contributed by atoms with Gasteiger partial charge in [0, 0.05) is 39.6 Å². The number of nitrogens with zero attached hydrogens (tertiary/aromatic N) is 4. The molecule has 1 unspecified atom stereocenters. The van der Waals surface area contributed by atoms with Gasteiger partial charge in [0.2, 0.25) is 11.8 Å². The lowest BCUT2D eigenvalue weighted by atomic mass is 10.2. The molecular formula is C20H30N4O4. The molecular weight excluding hydrogens is 360 g/mol. The molecule has 0 spiro atoms. The smallest absolute Gasteiger partial charge is 0.227 e. The van der Waals surface area contributed by atoms with E-state index in [2.05, 4.69) is 15.0 Å². The maximum atomic E-state index is 12.8. The van der Waals surface area contributed by atoms with E-state index in [1.807, 2.05) is 50.2 Å². The molecule has 0 fully saturated rings. The van der Waals surface area contributed by atoms with Gasteiger partial charge in [0.1, 0.15) is 11.9 Å². The zero-order chi connectivity index (χ0) is 20.5. The first-order chi connectivity index (χ1) is 13.4. The summed E-state index contributed by atoms with van der Waals surface area (Å²) in [7, 11) is 7.21. The Morgan fingerprint density at radius 2 is 2.04 bits per heavy atom. The highest BCUT2D eigenvalue weighted by molar-refractivity contribution is 5.76. The van der Waals surface area contributed by atoms with Gasteiger partial charge in [-0.2, -0.15) is 4.98 Å². The number of hydrogen-bond donors (Lipinski definition) is 0. The fraction of sp³-hybridized carbons (Fsp3) is 0.550. The van der Waals surface area contributed by atoms with Gasteiger partial charge in [0.05, 0.1) is 7.11 Å². The average molecular weight is 390 g/mol. The lowest BCUT2D eigenvalue weighted by Crippen LogP contribution is -2.36. The first kappa shape index (κ1) is 21.8. The molecule has 1 aromatic heterocycles. The molecule has 0 saturated heterocycles. The number of benzene rings is 1. The van der Waals surface area contributed by atoms with E-state index in [-0.39, 0.29) is 12.0 Å². The number of carbonyl (C=O) groups is 1. The summed E-state index contributed by atoms with van der Waals surface area (Å²) in [6, 6.07) is 7.77. The Bertz CT molecular complexity index is 747. The van der Waals surface area contributed by atoms with Gasteiger partial charge < -0.3 is 23.8 Å². The van der Waals surface area contributed by atoms with Gasteiger partial charge in [-0.3, -0.25) is 4.79 Å². The Labute approximate surface area is 166 Å². The molecule has 154 valence electrons. The Morgan fingerprint density at radius 3 is 2.71 bits per heavy atom. The highest BCUT2D eigenvalue weighted by Crippen LogP contribution is 2.16. The van der Waals surface area contributed by atoms with Crippen LogP contribution in [0.5, 0.6) is 5.75 Å². The third-order valence-corrected chi connectivity index (χ3v) is 4.43. The highest BCUT2D eigenvalue weighted by atomic mass is 16.5. The minimum absolute atomic E-state index is 0.0456. The number of aromatic nitrogens is 2. The van der Waals surface area contributed by atoms with E-state index in [0.717, 1.165) is 17.9 Å². The first-order valence-corrected chi connectivity index (χ1v) is 9.33. The van der Waals surface area contributed by atoms with E-state index < -0.39 is 0 Å². The van der Waals surface area contributed by atoms with Crippen molar-refractivity contribution in [3.63, 3.8) is 0 Å². The monoisotopic (exact) mass is 390 g/mol. The van der Waals surface area contributed by atoms with Crippen LogP contribution in [-0.4, -0.2) is 67.3 Å². The van der Waals surface area contributed by atoms with Crippen LogP contribution in [0.25, 0.3) is 0 Å². The van der Waals surface area contributed by atoms with E-state index in [9.17, 15) is 4.79 Å². The molecule has 0 radical (unpaired) electrons. The molecule has 2 rings (SSSR count). The van der Waals surface area contributed by atoms with Crippen molar-refractivity contribution in [1.82, 2.24) is 19.9 Å². The van der Waals surface area contributed by atoms with Gasteiger partial charge in [0.25, 0.3) is 0 Å². The largest absolute Gasteiger partial charge is 0.497 e. The van der Waals surface area contributed by atoms with Gasteiger partial charge in [-0.05, 0) is 38.7 Å². The normalized spacial score (nSPS) is 12.2. The van der Waals surface area contributed by atoms with Crippen molar-refractivity contribution in [2.75, 3.05) is 41.4 Å². The lowest BCUT2D eigenvalue weighted by molar-refractivity contribution is -0.132. The molecule has 0 aliphatic heterocycles. The highest BCUT2D eigenvalue weighted by Gasteiger charge is 2.18. The van der Waals surface area contributed by atoms with Crippen LogP contribution in [0.3, 0.4) is 0 Å². The molecule has 28 heavy (non-hydrogen) atoms. The van der Waals surface area contributed by atoms with Crippen LogP contribution in [-0.2, 0) is 22.5 Å². The zero-order valence-electron chi connectivity index (χ0n) is 17.3. The van der Waals surface area contributed by atoms with Gasteiger partial charge in [0.15, 0.2) is 5.82 Å². The van der Waals surface area contributed by atoms with Crippen molar-refractivity contribution in [3.05, 3.63) is 41.5 Å². The molecule has 0 N–H and O–H groups in total. The molecule has 1 atom stereocenters. The summed E-state index contributed by atoms with van der Waals surface area (Å²) >= 11 is 0. The van der Waals surface area contributed by atoms with Gasteiger partial charge in [-0.25, -0.2) is 0 Å². The summed E-state index contributed by atoms with van der Waals surface area (Å²) in [5, 5.41) is 3.90. The van der Waals surface area contributed by atoms with Crippen molar-refractivity contribution in [1.29, 1.82) is 0 Å². The third-order valence-electron chi connectivity index (χ3n) is 4.43. The molecule has 8 nitrogen and oxygen atoms in total. The van der Waals surface area contributed by atoms with Crippen LogP contribution in [0.2, 0.25) is 0 Å². The molecule has 0 bridgehead atoms. The van der Waals surface area contributed by atoms with Crippen molar-refractivity contribution in [2.24, 2.45) is 0 Å². The molecule has 1 aromatic carbocycles. The summed E-state index contributed by atoms with van der Waals surface area (Å²) in [4.78, 5) is 21.1. The standard InChI is InChI=1S/C20H30N4O4/c1-15(26-4)20-21-18(28-22-20)9-10-19(25)24(12-11-23(2)3)14-16-7-6-8-17(13-16)27-5/h6-8,13,15H,9-12,14H2,1-5H3. The Hall–Kier alpha value is -2.45. The molecule has 0 aliphatic rings. The van der Waals surface area contributed by atoms with E-state index >= 15 is 0 Å².